The molecule has 5 heteroatoms. The van der Waals surface area contributed by atoms with Gasteiger partial charge in [-0.2, -0.15) is 5.26 Å². The Morgan fingerprint density at radius 3 is 2.71 bits per heavy atom. The summed E-state index contributed by atoms with van der Waals surface area (Å²) in [5.74, 6) is 0.601. The van der Waals surface area contributed by atoms with E-state index in [9.17, 15) is 10.1 Å². The van der Waals surface area contributed by atoms with Crippen LogP contribution in [-0.2, 0) is 11.3 Å². The van der Waals surface area contributed by atoms with E-state index in [2.05, 4.69) is 16.0 Å². The molecule has 0 saturated heterocycles. The fourth-order valence-electron chi connectivity index (χ4n) is 4.18. The van der Waals surface area contributed by atoms with E-state index in [4.69, 9.17) is 4.74 Å². The van der Waals surface area contributed by atoms with Gasteiger partial charge >= 0.3 is 0 Å². The smallest absolute Gasteiger partial charge is 0.262 e. The number of aromatic nitrogens is 1. The number of para-hydroxylation sites is 2. The highest BCUT2D eigenvalue weighted by Gasteiger charge is 2.19. The van der Waals surface area contributed by atoms with Gasteiger partial charge in [-0.15, -0.1) is 0 Å². The molecular weight excluding hydrogens is 386 g/mol. The molecule has 31 heavy (non-hydrogen) atoms. The zero-order valence-electron chi connectivity index (χ0n) is 17.8. The van der Waals surface area contributed by atoms with Crippen molar-refractivity contribution in [1.29, 1.82) is 5.26 Å². The monoisotopic (exact) mass is 413 g/mol. The van der Waals surface area contributed by atoms with Crippen LogP contribution in [0.3, 0.4) is 0 Å². The normalized spacial score (nSPS) is 14.5. The Hall–Kier alpha value is -3.52. The molecule has 1 aliphatic carbocycles. The van der Waals surface area contributed by atoms with Crippen molar-refractivity contribution in [3.05, 3.63) is 71.4 Å². The van der Waals surface area contributed by atoms with Crippen LogP contribution in [0.4, 0.5) is 0 Å². The number of hydrogen-bond acceptors (Lipinski definition) is 3. The lowest BCUT2D eigenvalue weighted by Gasteiger charge is -2.10. The first kappa shape index (κ1) is 20.7. The minimum Gasteiger partial charge on any atom is -0.491 e. The lowest BCUT2D eigenvalue weighted by atomic mass is 10.1. The van der Waals surface area contributed by atoms with Crippen molar-refractivity contribution in [1.82, 2.24) is 9.88 Å². The zero-order valence-corrected chi connectivity index (χ0v) is 17.8. The molecule has 0 unspecified atom stereocenters. The number of fused-ring (bicyclic) bond motifs is 1. The number of hydrogen-bond donors (Lipinski definition) is 1. The molecule has 1 aromatic heterocycles. The van der Waals surface area contributed by atoms with E-state index in [1.165, 1.54) is 0 Å². The summed E-state index contributed by atoms with van der Waals surface area (Å²) < 4.78 is 8.08. The van der Waals surface area contributed by atoms with Crippen LogP contribution in [-0.4, -0.2) is 23.1 Å². The number of amides is 1. The summed E-state index contributed by atoms with van der Waals surface area (Å²) in [7, 11) is 0. The summed E-state index contributed by atoms with van der Waals surface area (Å²) in [4.78, 5) is 12.6. The van der Waals surface area contributed by atoms with Crippen molar-refractivity contribution < 1.29 is 9.53 Å². The molecule has 1 amide bonds. The fourth-order valence-corrected chi connectivity index (χ4v) is 4.18. The van der Waals surface area contributed by atoms with Crippen molar-refractivity contribution in [3.63, 3.8) is 0 Å². The number of benzene rings is 2. The first-order valence-corrected chi connectivity index (χ1v) is 10.8. The van der Waals surface area contributed by atoms with Gasteiger partial charge < -0.3 is 14.6 Å². The molecule has 4 rings (SSSR count). The summed E-state index contributed by atoms with van der Waals surface area (Å²) in [6.45, 7) is 3.22. The molecular formula is C26H27N3O2. The van der Waals surface area contributed by atoms with Crippen LogP contribution in [0.1, 0.15) is 36.8 Å². The first-order valence-electron chi connectivity index (χ1n) is 10.8. The quantitative estimate of drug-likeness (QED) is 0.438. The Balaban J connectivity index is 1.54. The molecule has 1 N–H and O–H groups in total. The van der Waals surface area contributed by atoms with E-state index in [1.54, 1.807) is 6.08 Å². The van der Waals surface area contributed by atoms with Crippen molar-refractivity contribution in [2.24, 2.45) is 0 Å². The average molecular weight is 414 g/mol. The third-order valence-electron chi connectivity index (χ3n) is 5.86. The molecule has 3 aromatic rings. The maximum atomic E-state index is 12.6. The van der Waals surface area contributed by atoms with E-state index in [-0.39, 0.29) is 17.5 Å². The molecule has 1 aliphatic rings. The van der Waals surface area contributed by atoms with E-state index >= 15 is 0 Å². The third-order valence-corrected chi connectivity index (χ3v) is 5.86. The summed E-state index contributed by atoms with van der Waals surface area (Å²) in [5, 5.41) is 13.6. The minimum atomic E-state index is -0.283. The first-order chi connectivity index (χ1) is 15.2. The van der Waals surface area contributed by atoms with Crippen molar-refractivity contribution in [3.8, 4) is 11.8 Å². The Bertz CT molecular complexity index is 1150. The van der Waals surface area contributed by atoms with Crippen LogP contribution in [0, 0.1) is 18.3 Å². The number of nitrogens with zero attached hydrogens (tertiary/aromatic N) is 2. The summed E-state index contributed by atoms with van der Waals surface area (Å²) >= 11 is 0. The Morgan fingerprint density at radius 1 is 1.19 bits per heavy atom. The highest BCUT2D eigenvalue weighted by atomic mass is 16.5. The summed E-state index contributed by atoms with van der Waals surface area (Å²) in [6.07, 6.45) is 7.94. The lowest BCUT2D eigenvalue weighted by molar-refractivity contribution is -0.117. The van der Waals surface area contributed by atoms with Crippen molar-refractivity contribution in [2.45, 2.75) is 45.2 Å². The topological polar surface area (TPSA) is 67.0 Å². The molecule has 2 aromatic carbocycles. The standard InChI is InChI=1S/C26H27N3O2/c1-19-8-2-7-13-25(19)31-15-14-29-18-21(23-11-5-6-12-24(23)29)16-20(17-27)26(30)28-22-9-3-4-10-22/h2,5-8,11-13,16,18,22H,3-4,9-10,14-15H2,1H3,(H,28,30)/b20-16+. The molecule has 0 atom stereocenters. The van der Waals surface area contributed by atoms with Gasteiger partial charge in [-0.3, -0.25) is 4.79 Å². The Morgan fingerprint density at radius 2 is 1.94 bits per heavy atom. The number of carbonyl (C=O) groups excluding carboxylic acids is 1. The second-order valence-corrected chi connectivity index (χ2v) is 8.03. The lowest BCUT2D eigenvalue weighted by Crippen LogP contribution is -2.33. The molecule has 0 bridgehead atoms. The maximum Gasteiger partial charge on any atom is 0.262 e. The average Bonchev–Trinajstić information content (AvgIpc) is 3.41. The number of nitriles is 1. The number of rotatable bonds is 7. The van der Waals surface area contributed by atoms with E-state index < -0.39 is 0 Å². The molecule has 0 spiro atoms. The molecule has 5 nitrogen and oxygen atoms in total. The summed E-state index contributed by atoms with van der Waals surface area (Å²) in [6, 6.07) is 18.3. The highest BCUT2D eigenvalue weighted by molar-refractivity contribution is 6.04. The number of aryl methyl sites for hydroxylation is 1. The van der Waals surface area contributed by atoms with Crippen molar-refractivity contribution >= 4 is 22.9 Å². The predicted molar refractivity (Wildman–Crippen MR) is 123 cm³/mol. The largest absolute Gasteiger partial charge is 0.491 e. The molecule has 0 radical (unpaired) electrons. The van der Waals surface area contributed by atoms with E-state index in [0.717, 1.165) is 53.5 Å². The van der Waals surface area contributed by atoms with Crippen LogP contribution in [0.5, 0.6) is 5.75 Å². The number of carbonyl (C=O) groups is 1. The highest BCUT2D eigenvalue weighted by Crippen LogP contribution is 2.25. The van der Waals surface area contributed by atoms with Gasteiger partial charge in [0.05, 0.1) is 6.54 Å². The van der Waals surface area contributed by atoms with Crippen LogP contribution < -0.4 is 10.1 Å². The van der Waals surface area contributed by atoms with Gasteiger partial charge in [-0.05, 0) is 43.5 Å². The van der Waals surface area contributed by atoms with Gasteiger partial charge in [0.1, 0.15) is 24.0 Å². The van der Waals surface area contributed by atoms with Gasteiger partial charge in [0.2, 0.25) is 0 Å². The van der Waals surface area contributed by atoms with Gasteiger partial charge in [-0.25, -0.2) is 0 Å². The second kappa shape index (κ2) is 9.53. The van der Waals surface area contributed by atoms with Gasteiger partial charge in [0.15, 0.2) is 0 Å². The molecule has 1 heterocycles. The van der Waals surface area contributed by atoms with Crippen molar-refractivity contribution in [2.75, 3.05) is 6.61 Å². The summed E-state index contributed by atoms with van der Waals surface area (Å²) in [5.41, 5.74) is 3.17. The van der Waals surface area contributed by atoms with Crippen LogP contribution in [0.2, 0.25) is 0 Å². The number of ether oxygens (including phenoxy) is 1. The molecule has 0 aliphatic heterocycles. The predicted octanol–water partition coefficient (Wildman–Crippen LogP) is 4.99. The van der Waals surface area contributed by atoms with Gasteiger partial charge in [0, 0.05) is 28.7 Å². The number of nitrogens with one attached hydrogen (secondary N) is 1. The van der Waals surface area contributed by atoms with E-state index in [1.807, 2.05) is 61.7 Å². The van der Waals surface area contributed by atoms with Gasteiger partial charge in [-0.1, -0.05) is 49.2 Å². The fraction of sp³-hybridized carbons (Fsp3) is 0.308. The Labute approximate surface area is 182 Å². The van der Waals surface area contributed by atoms with E-state index in [0.29, 0.717) is 13.2 Å². The maximum absolute atomic E-state index is 12.6. The molecule has 1 saturated carbocycles. The minimum absolute atomic E-state index is 0.144. The van der Waals surface area contributed by atoms with Crippen LogP contribution in [0.25, 0.3) is 17.0 Å². The second-order valence-electron chi connectivity index (χ2n) is 8.03. The van der Waals surface area contributed by atoms with Gasteiger partial charge in [0.25, 0.3) is 5.91 Å². The molecule has 1 fully saturated rings. The van der Waals surface area contributed by atoms with Crippen LogP contribution >= 0.6 is 0 Å². The van der Waals surface area contributed by atoms with Crippen LogP contribution in [0.15, 0.2) is 60.3 Å². The SMILES string of the molecule is Cc1ccccc1OCCn1cc(/C=C(\C#N)C(=O)NC2CCCC2)c2ccccc21. The zero-order chi connectivity index (χ0) is 21.6. The molecule has 158 valence electrons. The third kappa shape index (κ3) is 4.80. The Kier molecular flexibility index (Phi) is 6.37.